The average molecular weight is 509 g/mol. The lowest BCUT2D eigenvalue weighted by atomic mass is 9.96. The van der Waals surface area contributed by atoms with Crippen LogP contribution in [0.5, 0.6) is 0 Å². The first-order chi connectivity index (χ1) is 11.1. The Balaban J connectivity index is 0.00000288. The Morgan fingerprint density at radius 3 is 2.54 bits per heavy atom. The molecule has 7 heteroatoms. The van der Waals surface area contributed by atoms with Crippen molar-refractivity contribution in [1.29, 1.82) is 0 Å². The maximum atomic E-state index is 10.9. The van der Waals surface area contributed by atoms with Crippen LogP contribution in [0.1, 0.15) is 32.3 Å². The Morgan fingerprint density at radius 1 is 1.25 bits per heavy atom. The van der Waals surface area contributed by atoms with Gasteiger partial charge in [-0.1, -0.05) is 28.1 Å². The van der Waals surface area contributed by atoms with Gasteiger partial charge in [0.1, 0.15) is 0 Å². The fraction of sp³-hybridized carbons (Fsp3) is 0.529. The topological polar surface area (TPSA) is 65.5 Å². The standard InChI is InChI=1S/C17H25BrN4O.HI/c1-3-19-16(21-10-9-20-13(2)23)22-12-17(7-8-17)14-5-4-6-15(18)11-14;/h4-6,11H,3,7-10,12H2,1-2H3,(H,20,23)(H2,19,21,22);1H. The summed E-state index contributed by atoms with van der Waals surface area (Å²) >= 11 is 3.55. The smallest absolute Gasteiger partial charge is 0.216 e. The second kappa shape index (κ2) is 10.2. The first kappa shape index (κ1) is 21.2. The molecular formula is C17H26BrIN4O. The average Bonchev–Trinajstić information content (AvgIpc) is 3.30. The highest BCUT2D eigenvalue weighted by Gasteiger charge is 2.44. The summed E-state index contributed by atoms with van der Waals surface area (Å²) in [5.41, 5.74) is 1.54. The van der Waals surface area contributed by atoms with E-state index >= 15 is 0 Å². The van der Waals surface area contributed by atoms with Gasteiger partial charge in [0.15, 0.2) is 5.96 Å². The molecule has 0 atom stereocenters. The van der Waals surface area contributed by atoms with E-state index in [2.05, 4.69) is 56.1 Å². The van der Waals surface area contributed by atoms with Crippen LogP contribution < -0.4 is 16.0 Å². The van der Waals surface area contributed by atoms with Crippen molar-refractivity contribution in [2.24, 2.45) is 4.99 Å². The lowest BCUT2D eigenvalue weighted by Crippen LogP contribution is -2.41. The molecule has 1 aromatic rings. The molecule has 24 heavy (non-hydrogen) atoms. The highest BCUT2D eigenvalue weighted by Crippen LogP contribution is 2.48. The Bertz CT molecular complexity index is 575. The molecular weight excluding hydrogens is 483 g/mol. The van der Waals surface area contributed by atoms with Crippen molar-refractivity contribution in [3.8, 4) is 0 Å². The van der Waals surface area contributed by atoms with E-state index in [4.69, 9.17) is 4.99 Å². The number of rotatable bonds is 7. The molecule has 134 valence electrons. The van der Waals surface area contributed by atoms with Gasteiger partial charge in [0.25, 0.3) is 0 Å². The number of benzene rings is 1. The minimum Gasteiger partial charge on any atom is -0.357 e. The lowest BCUT2D eigenvalue weighted by Gasteiger charge is -2.16. The predicted octanol–water partition coefficient (Wildman–Crippen LogP) is 2.79. The molecule has 5 nitrogen and oxygen atoms in total. The number of aliphatic imine (C=N–C) groups is 1. The van der Waals surface area contributed by atoms with Crippen LogP contribution in [0.2, 0.25) is 0 Å². The second-order valence-electron chi connectivity index (χ2n) is 5.90. The molecule has 0 heterocycles. The van der Waals surface area contributed by atoms with Gasteiger partial charge in [-0.05, 0) is 37.5 Å². The van der Waals surface area contributed by atoms with Crippen molar-refractivity contribution in [3.05, 3.63) is 34.3 Å². The number of guanidine groups is 1. The number of nitrogens with zero attached hydrogens (tertiary/aromatic N) is 1. The fourth-order valence-electron chi connectivity index (χ4n) is 2.50. The zero-order valence-electron chi connectivity index (χ0n) is 14.2. The first-order valence-corrected chi connectivity index (χ1v) is 8.88. The zero-order chi connectivity index (χ0) is 16.7. The molecule has 1 saturated carbocycles. The van der Waals surface area contributed by atoms with Crippen molar-refractivity contribution in [3.63, 3.8) is 0 Å². The number of hydrogen-bond donors (Lipinski definition) is 3. The normalized spacial score (nSPS) is 15.2. The number of carbonyl (C=O) groups is 1. The lowest BCUT2D eigenvalue weighted by molar-refractivity contribution is -0.118. The minimum atomic E-state index is -0.0136. The summed E-state index contributed by atoms with van der Waals surface area (Å²) in [6.07, 6.45) is 2.36. The van der Waals surface area contributed by atoms with Crippen LogP contribution in [0.15, 0.2) is 33.7 Å². The summed E-state index contributed by atoms with van der Waals surface area (Å²) in [6.45, 7) is 6.42. The molecule has 0 saturated heterocycles. The molecule has 0 aromatic heterocycles. The van der Waals surface area contributed by atoms with Gasteiger partial charge in [0, 0.05) is 36.4 Å². The molecule has 1 aliphatic rings. The van der Waals surface area contributed by atoms with Crippen molar-refractivity contribution in [1.82, 2.24) is 16.0 Å². The third kappa shape index (κ3) is 6.58. The van der Waals surface area contributed by atoms with E-state index in [1.165, 1.54) is 25.3 Å². The Hall–Kier alpha value is -0.830. The van der Waals surface area contributed by atoms with Crippen LogP contribution in [0, 0.1) is 0 Å². The van der Waals surface area contributed by atoms with Crippen LogP contribution >= 0.6 is 39.9 Å². The van der Waals surface area contributed by atoms with Gasteiger partial charge in [0.2, 0.25) is 5.91 Å². The minimum absolute atomic E-state index is 0. The maximum absolute atomic E-state index is 10.9. The van der Waals surface area contributed by atoms with Crippen molar-refractivity contribution >= 4 is 51.8 Å². The van der Waals surface area contributed by atoms with E-state index in [0.29, 0.717) is 13.1 Å². The van der Waals surface area contributed by atoms with Crippen molar-refractivity contribution in [2.75, 3.05) is 26.2 Å². The molecule has 2 rings (SSSR count). The highest BCUT2D eigenvalue weighted by atomic mass is 127. The maximum Gasteiger partial charge on any atom is 0.216 e. The summed E-state index contributed by atoms with van der Waals surface area (Å²) in [7, 11) is 0. The SMILES string of the molecule is CCNC(=NCC1(c2cccc(Br)c2)CC1)NCCNC(C)=O.I. The molecule has 1 amide bonds. The summed E-state index contributed by atoms with van der Waals surface area (Å²) < 4.78 is 1.12. The fourth-order valence-corrected chi connectivity index (χ4v) is 2.90. The van der Waals surface area contributed by atoms with Crippen LogP contribution in [0.4, 0.5) is 0 Å². The van der Waals surface area contributed by atoms with Gasteiger partial charge in [-0.15, -0.1) is 24.0 Å². The molecule has 0 spiro atoms. The second-order valence-corrected chi connectivity index (χ2v) is 6.81. The van der Waals surface area contributed by atoms with Crippen LogP contribution in [-0.2, 0) is 10.2 Å². The van der Waals surface area contributed by atoms with Gasteiger partial charge >= 0.3 is 0 Å². The van der Waals surface area contributed by atoms with E-state index in [9.17, 15) is 4.79 Å². The van der Waals surface area contributed by atoms with E-state index in [1.54, 1.807) is 0 Å². The van der Waals surface area contributed by atoms with Crippen LogP contribution in [0.3, 0.4) is 0 Å². The third-order valence-electron chi connectivity index (χ3n) is 3.97. The number of carbonyl (C=O) groups excluding carboxylic acids is 1. The Labute approximate surface area is 169 Å². The number of hydrogen-bond acceptors (Lipinski definition) is 2. The molecule has 0 aliphatic heterocycles. The van der Waals surface area contributed by atoms with Crippen molar-refractivity contribution in [2.45, 2.75) is 32.1 Å². The van der Waals surface area contributed by atoms with Gasteiger partial charge in [-0.2, -0.15) is 0 Å². The Morgan fingerprint density at radius 2 is 1.96 bits per heavy atom. The van der Waals surface area contributed by atoms with Gasteiger partial charge in [-0.25, -0.2) is 0 Å². The predicted molar refractivity (Wildman–Crippen MR) is 113 cm³/mol. The van der Waals surface area contributed by atoms with Gasteiger partial charge < -0.3 is 16.0 Å². The van der Waals surface area contributed by atoms with Crippen molar-refractivity contribution < 1.29 is 4.79 Å². The number of nitrogens with one attached hydrogen (secondary N) is 3. The largest absolute Gasteiger partial charge is 0.357 e. The Kier molecular flexibility index (Phi) is 9.04. The summed E-state index contributed by atoms with van der Waals surface area (Å²) in [5, 5.41) is 9.28. The van der Waals surface area contributed by atoms with Crippen LogP contribution in [0.25, 0.3) is 0 Å². The molecule has 3 N–H and O–H groups in total. The monoisotopic (exact) mass is 508 g/mol. The molecule has 0 bridgehead atoms. The summed E-state index contributed by atoms with van der Waals surface area (Å²) in [5.74, 6) is 0.791. The van der Waals surface area contributed by atoms with E-state index in [-0.39, 0.29) is 35.3 Å². The summed E-state index contributed by atoms with van der Waals surface area (Å²) in [4.78, 5) is 15.6. The van der Waals surface area contributed by atoms with E-state index < -0.39 is 0 Å². The zero-order valence-corrected chi connectivity index (χ0v) is 18.1. The number of halogens is 2. The molecule has 0 radical (unpaired) electrons. The van der Waals surface area contributed by atoms with Gasteiger partial charge in [-0.3, -0.25) is 9.79 Å². The number of amides is 1. The first-order valence-electron chi connectivity index (χ1n) is 8.08. The molecule has 1 fully saturated rings. The van der Waals surface area contributed by atoms with Crippen LogP contribution in [-0.4, -0.2) is 38.0 Å². The van der Waals surface area contributed by atoms with Gasteiger partial charge in [0.05, 0.1) is 6.54 Å². The molecule has 1 aromatic carbocycles. The molecule has 0 unspecified atom stereocenters. The van der Waals surface area contributed by atoms with E-state index in [0.717, 1.165) is 23.5 Å². The quantitative estimate of drug-likeness (QED) is 0.230. The molecule has 1 aliphatic carbocycles. The van der Waals surface area contributed by atoms with E-state index in [1.807, 2.05) is 6.92 Å². The summed E-state index contributed by atoms with van der Waals surface area (Å²) in [6, 6.07) is 8.51. The third-order valence-corrected chi connectivity index (χ3v) is 4.46. The highest BCUT2D eigenvalue weighted by molar-refractivity contribution is 14.0.